The summed E-state index contributed by atoms with van der Waals surface area (Å²) < 4.78 is 5.87. The van der Waals surface area contributed by atoms with E-state index >= 15 is 0 Å². The van der Waals surface area contributed by atoms with E-state index in [1.165, 1.54) is 6.33 Å². The monoisotopic (exact) mass is 381 g/mol. The Labute approximate surface area is 169 Å². The van der Waals surface area contributed by atoms with Crippen molar-refractivity contribution in [3.63, 3.8) is 0 Å². The number of amides is 1. The maximum atomic E-state index is 12.7. The van der Waals surface area contributed by atoms with Crippen molar-refractivity contribution >= 4 is 5.91 Å². The second-order valence-electron chi connectivity index (χ2n) is 6.35. The van der Waals surface area contributed by atoms with Gasteiger partial charge in [-0.05, 0) is 30.3 Å². The maximum absolute atomic E-state index is 12.7. The van der Waals surface area contributed by atoms with Crippen LogP contribution in [0.25, 0.3) is 11.3 Å². The quantitative estimate of drug-likeness (QED) is 0.518. The normalized spacial score (nSPS) is 10.3. The summed E-state index contributed by atoms with van der Waals surface area (Å²) in [6.45, 7) is 0.293. The van der Waals surface area contributed by atoms with Crippen LogP contribution in [0.3, 0.4) is 0 Å². The minimum Gasteiger partial charge on any atom is -0.457 e. The molecule has 1 amide bonds. The van der Waals surface area contributed by atoms with E-state index in [2.05, 4.69) is 15.3 Å². The van der Waals surface area contributed by atoms with Crippen molar-refractivity contribution in [1.82, 2.24) is 15.3 Å². The summed E-state index contributed by atoms with van der Waals surface area (Å²) in [5, 5.41) is 2.91. The van der Waals surface area contributed by atoms with Crippen molar-refractivity contribution in [2.24, 2.45) is 0 Å². The Morgan fingerprint density at radius 1 is 0.828 bits per heavy atom. The van der Waals surface area contributed by atoms with Gasteiger partial charge in [0.25, 0.3) is 5.91 Å². The topological polar surface area (TPSA) is 64.1 Å². The molecular weight excluding hydrogens is 362 g/mol. The van der Waals surface area contributed by atoms with Crippen LogP contribution in [0.15, 0.2) is 97.3 Å². The molecule has 4 rings (SSSR count). The van der Waals surface area contributed by atoms with E-state index < -0.39 is 0 Å². The summed E-state index contributed by atoms with van der Waals surface area (Å²) >= 11 is 0. The third kappa shape index (κ3) is 4.65. The van der Waals surface area contributed by atoms with Crippen LogP contribution < -0.4 is 10.1 Å². The van der Waals surface area contributed by atoms with Crippen LogP contribution in [0.1, 0.15) is 16.1 Å². The Hall–Kier alpha value is -3.99. The van der Waals surface area contributed by atoms with E-state index in [0.717, 1.165) is 17.0 Å². The summed E-state index contributed by atoms with van der Waals surface area (Å²) in [7, 11) is 0. The predicted molar refractivity (Wildman–Crippen MR) is 112 cm³/mol. The number of hydrogen-bond donors (Lipinski definition) is 1. The lowest BCUT2D eigenvalue weighted by Gasteiger charge is -2.11. The molecule has 142 valence electrons. The lowest BCUT2D eigenvalue weighted by Crippen LogP contribution is -2.23. The van der Waals surface area contributed by atoms with Crippen LogP contribution >= 0.6 is 0 Å². The number of aromatic nitrogens is 2. The highest BCUT2D eigenvalue weighted by Crippen LogP contribution is 2.25. The van der Waals surface area contributed by atoms with Crippen LogP contribution in [-0.2, 0) is 6.54 Å². The summed E-state index contributed by atoms with van der Waals surface area (Å²) in [5.41, 5.74) is 3.02. The molecule has 1 N–H and O–H groups in total. The van der Waals surface area contributed by atoms with E-state index in [4.69, 9.17) is 4.74 Å². The molecule has 0 spiro atoms. The van der Waals surface area contributed by atoms with Gasteiger partial charge in [0.05, 0.1) is 23.5 Å². The van der Waals surface area contributed by atoms with E-state index in [0.29, 0.717) is 23.6 Å². The van der Waals surface area contributed by atoms with Gasteiger partial charge in [-0.3, -0.25) is 4.79 Å². The smallest absolute Gasteiger partial charge is 0.255 e. The number of ether oxygens (including phenoxy) is 1. The zero-order chi connectivity index (χ0) is 19.9. The number of carbonyl (C=O) groups excluding carboxylic acids is 1. The fourth-order valence-electron chi connectivity index (χ4n) is 2.89. The first-order chi connectivity index (χ1) is 14.3. The van der Waals surface area contributed by atoms with Gasteiger partial charge in [0.1, 0.15) is 17.8 Å². The molecule has 0 aliphatic heterocycles. The SMILES string of the molecule is O=C(NCc1cc(-c2ccccc2)ncn1)c1ccccc1Oc1ccccc1. The lowest BCUT2D eigenvalue weighted by atomic mass is 10.1. The summed E-state index contributed by atoms with van der Waals surface area (Å²) in [5.74, 6) is 0.955. The van der Waals surface area contributed by atoms with Gasteiger partial charge in [-0.2, -0.15) is 0 Å². The van der Waals surface area contributed by atoms with Gasteiger partial charge in [0, 0.05) is 5.56 Å². The third-order valence-electron chi connectivity index (χ3n) is 4.33. The number of benzene rings is 3. The number of carbonyl (C=O) groups is 1. The molecule has 0 saturated heterocycles. The summed E-state index contributed by atoms with van der Waals surface area (Å²) in [6.07, 6.45) is 1.51. The standard InChI is InChI=1S/C24H19N3O2/c28-24(21-13-7-8-14-23(21)29-20-11-5-2-6-12-20)25-16-19-15-22(27-17-26-19)18-9-3-1-4-10-18/h1-15,17H,16H2,(H,25,28). The molecule has 0 saturated carbocycles. The maximum Gasteiger partial charge on any atom is 0.255 e. The summed E-state index contributed by atoms with van der Waals surface area (Å²) in [6, 6.07) is 28.3. The van der Waals surface area contributed by atoms with Crippen LogP contribution in [0.5, 0.6) is 11.5 Å². The summed E-state index contributed by atoms with van der Waals surface area (Å²) in [4.78, 5) is 21.3. The zero-order valence-electron chi connectivity index (χ0n) is 15.7. The lowest BCUT2D eigenvalue weighted by molar-refractivity contribution is 0.0948. The number of nitrogens with zero attached hydrogens (tertiary/aromatic N) is 2. The Morgan fingerprint density at radius 2 is 1.52 bits per heavy atom. The molecule has 29 heavy (non-hydrogen) atoms. The van der Waals surface area contributed by atoms with Crippen molar-refractivity contribution in [1.29, 1.82) is 0 Å². The predicted octanol–water partition coefficient (Wildman–Crippen LogP) is 4.87. The van der Waals surface area contributed by atoms with E-state index in [1.54, 1.807) is 12.1 Å². The minimum absolute atomic E-state index is 0.226. The van der Waals surface area contributed by atoms with E-state index in [-0.39, 0.29) is 5.91 Å². The van der Waals surface area contributed by atoms with Crippen LogP contribution in [0.2, 0.25) is 0 Å². The Kier molecular flexibility index (Phi) is 5.58. The molecule has 0 radical (unpaired) electrons. The molecule has 0 fully saturated rings. The fraction of sp³-hybridized carbons (Fsp3) is 0.0417. The number of rotatable bonds is 6. The van der Waals surface area contributed by atoms with Crippen molar-refractivity contribution in [3.8, 4) is 22.8 Å². The molecule has 0 aliphatic carbocycles. The Balaban J connectivity index is 1.47. The molecular formula is C24H19N3O2. The molecule has 0 unspecified atom stereocenters. The first-order valence-corrected chi connectivity index (χ1v) is 9.26. The van der Waals surface area contributed by atoms with Gasteiger partial charge in [-0.25, -0.2) is 9.97 Å². The molecule has 0 bridgehead atoms. The first-order valence-electron chi connectivity index (χ1n) is 9.26. The molecule has 0 aliphatic rings. The number of hydrogen-bond acceptors (Lipinski definition) is 4. The molecule has 3 aromatic carbocycles. The van der Waals surface area contributed by atoms with Gasteiger partial charge in [-0.15, -0.1) is 0 Å². The van der Waals surface area contributed by atoms with Crippen LogP contribution in [0, 0.1) is 0 Å². The van der Waals surface area contributed by atoms with E-state index in [9.17, 15) is 4.79 Å². The van der Waals surface area contributed by atoms with Gasteiger partial charge in [-0.1, -0.05) is 60.7 Å². The highest BCUT2D eigenvalue weighted by Gasteiger charge is 2.13. The minimum atomic E-state index is -0.226. The number of para-hydroxylation sites is 2. The molecule has 4 aromatic rings. The van der Waals surface area contributed by atoms with Gasteiger partial charge >= 0.3 is 0 Å². The second kappa shape index (κ2) is 8.80. The average molecular weight is 381 g/mol. The first kappa shape index (κ1) is 18.4. The average Bonchev–Trinajstić information content (AvgIpc) is 2.79. The highest BCUT2D eigenvalue weighted by molar-refractivity contribution is 5.96. The van der Waals surface area contributed by atoms with Crippen LogP contribution in [-0.4, -0.2) is 15.9 Å². The van der Waals surface area contributed by atoms with Crippen molar-refractivity contribution in [2.75, 3.05) is 0 Å². The number of nitrogens with one attached hydrogen (secondary N) is 1. The Morgan fingerprint density at radius 3 is 2.31 bits per heavy atom. The van der Waals surface area contributed by atoms with Gasteiger partial charge in [0.2, 0.25) is 0 Å². The van der Waals surface area contributed by atoms with Crippen molar-refractivity contribution in [3.05, 3.63) is 109 Å². The van der Waals surface area contributed by atoms with Crippen LogP contribution in [0.4, 0.5) is 0 Å². The van der Waals surface area contributed by atoms with Gasteiger partial charge in [0.15, 0.2) is 0 Å². The zero-order valence-corrected chi connectivity index (χ0v) is 15.7. The largest absolute Gasteiger partial charge is 0.457 e. The molecule has 5 heteroatoms. The van der Waals surface area contributed by atoms with Crippen molar-refractivity contribution in [2.45, 2.75) is 6.54 Å². The molecule has 1 heterocycles. The second-order valence-corrected chi connectivity index (χ2v) is 6.35. The Bertz CT molecular complexity index is 1100. The molecule has 5 nitrogen and oxygen atoms in total. The van der Waals surface area contributed by atoms with Gasteiger partial charge < -0.3 is 10.1 Å². The third-order valence-corrected chi connectivity index (χ3v) is 4.33. The van der Waals surface area contributed by atoms with Crippen molar-refractivity contribution < 1.29 is 9.53 Å². The highest BCUT2D eigenvalue weighted by atomic mass is 16.5. The molecule has 0 atom stereocenters. The van der Waals surface area contributed by atoms with E-state index in [1.807, 2.05) is 78.9 Å². The fourth-order valence-corrected chi connectivity index (χ4v) is 2.89. The molecule has 1 aromatic heterocycles.